The molecule has 0 atom stereocenters. The lowest BCUT2D eigenvalue weighted by Crippen LogP contribution is -1.86. The van der Waals surface area contributed by atoms with E-state index in [9.17, 15) is 5.11 Å². The van der Waals surface area contributed by atoms with Crippen LogP contribution in [0.2, 0.25) is 0 Å². The molecule has 0 radical (unpaired) electrons. The van der Waals surface area contributed by atoms with Gasteiger partial charge in [-0.1, -0.05) is 52.3 Å². The molecule has 0 aliphatic carbocycles. The van der Waals surface area contributed by atoms with Gasteiger partial charge >= 0.3 is 0 Å². The Labute approximate surface area is 108 Å². The summed E-state index contributed by atoms with van der Waals surface area (Å²) in [6.45, 7) is 0.0708. The van der Waals surface area contributed by atoms with Crippen molar-refractivity contribution in [3.05, 3.63) is 58.6 Å². The van der Waals surface area contributed by atoms with Gasteiger partial charge in [0, 0.05) is 9.86 Å². The standard InChI is InChI=1S/C15H11BrO/c16-14-8-10(9-17)7-12-6-5-11-3-1-2-4-13(11)15(12)14/h1-8,17H,9H2. The summed E-state index contributed by atoms with van der Waals surface area (Å²) in [6, 6.07) is 16.6. The van der Waals surface area contributed by atoms with Gasteiger partial charge in [0.05, 0.1) is 6.61 Å². The molecular weight excluding hydrogens is 276 g/mol. The SMILES string of the molecule is OCc1cc(Br)c2c(ccc3ccccc32)c1. The average molecular weight is 287 g/mol. The van der Waals surface area contributed by atoms with Crippen LogP contribution in [-0.2, 0) is 6.61 Å². The van der Waals surface area contributed by atoms with Crippen LogP contribution in [0.5, 0.6) is 0 Å². The van der Waals surface area contributed by atoms with Crippen molar-refractivity contribution in [3.63, 3.8) is 0 Å². The molecule has 0 amide bonds. The Kier molecular flexibility index (Phi) is 2.61. The smallest absolute Gasteiger partial charge is 0.0682 e. The molecule has 1 N–H and O–H groups in total. The third kappa shape index (κ3) is 1.74. The fraction of sp³-hybridized carbons (Fsp3) is 0.0667. The quantitative estimate of drug-likeness (QED) is 0.663. The highest BCUT2D eigenvalue weighted by Gasteiger charge is 2.05. The topological polar surface area (TPSA) is 20.2 Å². The van der Waals surface area contributed by atoms with Crippen LogP contribution in [0.4, 0.5) is 0 Å². The molecule has 0 heterocycles. The first-order chi connectivity index (χ1) is 8.29. The van der Waals surface area contributed by atoms with Gasteiger partial charge in [-0.05, 0) is 33.9 Å². The minimum Gasteiger partial charge on any atom is -0.392 e. The van der Waals surface area contributed by atoms with Crippen molar-refractivity contribution in [2.45, 2.75) is 6.61 Å². The minimum atomic E-state index is 0.0708. The summed E-state index contributed by atoms with van der Waals surface area (Å²) in [5.74, 6) is 0. The van der Waals surface area contributed by atoms with E-state index in [4.69, 9.17) is 0 Å². The lowest BCUT2D eigenvalue weighted by Gasteiger charge is -2.08. The van der Waals surface area contributed by atoms with Crippen molar-refractivity contribution in [2.75, 3.05) is 0 Å². The van der Waals surface area contributed by atoms with Gasteiger partial charge in [0.2, 0.25) is 0 Å². The first kappa shape index (κ1) is 10.8. The van der Waals surface area contributed by atoms with Gasteiger partial charge in [-0.2, -0.15) is 0 Å². The highest BCUT2D eigenvalue weighted by molar-refractivity contribution is 9.10. The van der Waals surface area contributed by atoms with E-state index in [1.807, 2.05) is 24.3 Å². The Morgan fingerprint density at radius 1 is 0.941 bits per heavy atom. The largest absolute Gasteiger partial charge is 0.392 e. The number of hydrogen-bond acceptors (Lipinski definition) is 1. The normalized spacial score (nSPS) is 11.2. The van der Waals surface area contributed by atoms with E-state index in [0.717, 1.165) is 15.4 Å². The van der Waals surface area contributed by atoms with Gasteiger partial charge < -0.3 is 5.11 Å². The van der Waals surface area contributed by atoms with Crippen molar-refractivity contribution in [2.24, 2.45) is 0 Å². The van der Waals surface area contributed by atoms with Gasteiger partial charge in [-0.25, -0.2) is 0 Å². The third-order valence-electron chi connectivity index (χ3n) is 3.04. The summed E-state index contributed by atoms with van der Waals surface area (Å²) in [7, 11) is 0. The predicted octanol–water partition coefficient (Wildman–Crippen LogP) is 4.25. The van der Waals surface area contributed by atoms with Crippen LogP contribution in [-0.4, -0.2) is 5.11 Å². The van der Waals surface area contributed by atoms with Crippen LogP contribution >= 0.6 is 15.9 Å². The van der Waals surface area contributed by atoms with Crippen LogP contribution in [0.15, 0.2) is 53.0 Å². The fourth-order valence-corrected chi connectivity index (χ4v) is 2.98. The number of aliphatic hydroxyl groups is 1. The number of hydrogen-bond donors (Lipinski definition) is 1. The molecule has 0 saturated carbocycles. The molecule has 0 unspecified atom stereocenters. The van der Waals surface area contributed by atoms with Gasteiger partial charge in [0.15, 0.2) is 0 Å². The molecular formula is C15H11BrO. The van der Waals surface area contributed by atoms with Gasteiger partial charge in [-0.15, -0.1) is 0 Å². The Hall–Kier alpha value is -1.38. The van der Waals surface area contributed by atoms with E-state index in [1.54, 1.807) is 0 Å². The minimum absolute atomic E-state index is 0.0708. The third-order valence-corrected chi connectivity index (χ3v) is 3.66. The van der Waals surface area contributed by atoms with Crippen molar-refractivity contribution in [1.82, 2.24) is 0 Å². The lowest BCUT2D eigenvalue weighted by molar-refractivity contribution is 0.282. The molecule has 0 aliphatic heterocycles. The van der Waals surface area contributed by atoms with E-state index in [-0.39, 0.29) is 6.61 Å². The van der Waals surface area contributed by atoms with E-state index in [0.29, 0.717) is 0 Å². The Morgan fingerprint density at radius 3 is 2.53 bits per heavy atom. The zero-order valence-electron chi connectivity index (χ0n) is 9.15. The van der Waals surface area contributed by atoms with Gasteiger partial charge in [0.25, 0.3) is 0 Å². The molecule has 0 saturated heterocycles. The second-order valence-electron chi connectivity index (χ2n) is 4.12. The van der Waals surface area contributed by atoms with E-state index in [1.165, 1.54) is 16.2 Å². The molecule has 3 rings (SSSR count). The maximum atomic E-state index is 9.21. The average Bonchev–Trinajstić information content (AvgIpc) is 2.37. The molecule has 0 fully saturated rings. The Morgan fingerprint density at radius 2 is 1.71 bits per heavy atom. The Bertz CT molecular complexity index is 704. The first-order valence-electron chi connectivity index (χ1n) is 5.50. The van der Waals surface area contributed by atoms with E-state index in [2.05, 4.69) is 40.2 Å². The number of halogens is 1. The summed E-state index contributed by atoms with van der Waals surface area (Å²) < 4.78 is 1.04. The predicted molar refractivity (Wildman–Crippen MR) is 75.1 cm³/mol. The van der Waals surface area contributed by atoms with Crippen molar-refractivity contribution < 1.29 is 5.11 Å². The molecule has 3 aromatic carbocycles. The van der Waals surface area contributed by atoms with Crippen molar-refractivity contribution in [3.8, 4) is 0 Å². The summed E-state index contributed by atoms with van der Waals surface area (Å²) in [4.78, 5) is 0. The molecule has 2 heteroatoms. The van der Waals surface area contributed by atoms with Crippen LogP contribution in [0, 0.1) is 0 Å². The molecule has 0 spiro atoms. The number of rotatable bonds is 1. The van der Waals surface area contributed by atoms with Gasteiger partial charge in [0.1, 0.15) is 0 Å². The number of aliphatic hydroxyl groups excluding tert-OH is 1. The highest BCUT2D eigenvalue weighted by atomic mass is 79.9. The fourth-order valence-electron chi connectivity index (χ4n) is 2.24. The van der Waals surface area contributed by atoms with Crippen molar-refractivity contribution >= 4 is 37.5 Å². The molecule has 0 aromatic heterocycles. The molecule has 17 heavy (non-hydrogen) atoms. The zero-order chi connectivity index (χ0) is 11.8. The molecule has 1 nitrogen and oxygen atoms in total. The zero-order valence-corrected chi connectivity index (χ0v) is 10.7. The highest BCUT2D eigenvalue weighted by Crippen LogP contribution is 2.32. The van der Waals surface area contributed by atoms with E-state index < -0.39 is 0 Å². The van der Waals surface area contributed by atoms with Crippen LogP contribution in [0.3, 0.4) is 0 Å². The van der Waals surface area contributed by atoms with E-state index >= 15 is 0 Å². The lowest BCUT2D eigenvalue weighted by atomic mass is 10.0. The van der Waals surface area contributed by atoms with Crippen LogP contribution < -0.4 is 0 Å². The monoisotopic (exact) mass is 286 g/mol. The molecule has 3 aromatic rings. The Balaban J connectivity index is 2.50. The van der Waals surface area contributed by atoms with Crippen molar-refractivity contribution in [1.29, 1.82) is 0 Å². The summed E-state index contributed by atoms with van der Waals surface area (Å²) in [5.41, 5.74) is 0.930. The van der Waals surface area contributed by atoms with Crippen LogP contribution in [0.25, 0.3) is 21.5 Å². The number of benzene rings is 3. The maximum Gasteiger partial charge on any atom is 0.0682 e. The number of fused-ring (bicyclic) bond motifs is 3. The molecule has 84 valence electrons. The summed E-state index contributed by atoms with van der Waals surface area (Å²) in [6.07, 6.45) is 0. The van der Waals surface area contributed by atoms with Gasteiger partial charge in [-0.3, -0.25) is 0 Å². The second kappa shape index (κ2) is 4.13. The molecule has 0 aliphatic rings. The van der Waals surface area contributed by atoms with Crippen LogP contribution in [0.1, 0.15) is 5.56 Å². The summed E-state index contributed by atoms with van der Waals surface area (Å²) >= 11 is 3.60. The molecule has 0 bridgehead atoms. The maximum absolute atomic E-state index is 9.21. The second-order valence-corrected chi connectivity index (χ2v) is 4.97. The summed E-state index contributed by atoms with van der Waals surface area (Å²) in [5, 5.41) is 14.0. The first-order valence-corrected chi connectivity index (χ1v) is 6.29.